The molecule has 0 fully saturated rings. The van der Waals surface area contributed by atoms with Gasteiger partial charge in [0.25, 0.3) is 15.9 Å². The van der Waals surface area contributed by atoms with E-state index in [4.69, 9.17) is 0 Å². The fraction of sp³-hybridized carbons (Fsp3) is 0.273. The van der Waals surface area contributed by atoms with Crippen LogP contribution in [-0.2, 0) is 14.8 Å². The fourth-order valence-electron chi connectivity index (χ4n) is 2.16. The third kappa shape index (κ3) is 1.23. The van der Waals surface area contributed by atoms with E-state index < -0.39 is 28.1 Å². The van der Waals surface area contributed by atoms with Crippen molar-refractivity contribution in [2.75, 3.05) is 0 Å². The molecule has 2 aliphatic heterocycles. The summed E-state index contributed by atoms with van der Waals surface area (Å²) in [5, 5.41) is 9.45. The molecule has 3 rings (SSSR count). The van der Waals surface area contributed by atoms with Crippen LogP contribution in [0, 0.1) is 0 Å². The number of rotatable bonds is 1. The number of amidine groups is 1. The lowest BCUT2D eigenvalue weighted by Gasteiger charge is -2.13. The highest BCUT2D eigenvalue weighted by molar-refractivity contribution is 7.91. The zero-order valence-corrected chi connectivity index (χ0v) is 10.3. The molecule has 1 N–H and O–H groups in total. The number of carbonyl (C=O) groups is 1. The van der Waals surface area contributed by atoms with Crippen molar-refractivity contribution in [3.63, 3.8) is 0 Å². The molecule has 0 unspecified atom stereocenters. The van der Waals surface area contributed by atoms with Gasteiger partial charge in [-0.05, 0) is 19.1 Å². The predicted octanol–water partition coefficient (Wildman–Crippen LogP) is -0.273. The molecule has 2 heterocycles. The van der Waals surface area contributed by atoms with Crippen LogP contribution in [0.4, 0.5) is 0 Å². The van der Waals surface area contributed by atoms with Crippen molar-refractivity contribution >= 4 is 21.8 Å². The summed E-state index contributed by atoms with van der Waals surface area (Å²) in [7, 11) is -3.86. The molecule has 1 aromatic carbocycles. The second-order valence-corrected chi connectivity index (χ2v) is 6.00. The number of nitrogens with zero attached hydrogens (tertiary/aromatic N) is 2. The monoisotopic (exact) mass is 266 g/mol. The molecule has 0 saturated heterocycles. The van der Waals surface area contributed by atoms with Crippen molar-refractivity contribution < 1.29 is 18.3 Å². The van der Waals surface area contributed by atoms with Gasteiger partial charge in [-0.1, -0.05) is 12.1 Å². The van der Waals surface area contributed by atoms with Gasteiger partial charge >= 0.3 is 0 Å². The van der Waals surface area contributed by atoms with Gasteiger partial charge in [0.15, 0.2) is 11.9 Å². The number of hydrogen-bond donors (Lipinski definition) is 1. The number of fused-ring (bicyclic) bond motifs is 3. The van der Waals surface area contributed by atoms with Gasteiger partial charge in [-0.25, -0.2) is 8.42 Å². The summed E-state index contributed by atoms with van der Waals surface area (Å²) in [5.74, 6) is -0.585. The van der Waals surface area contributed by atoms with Crippen LogP contribution < -0.4 is 0 Å². The summed E-state index contributed by atoms with van der Waals surface area (Å²) in [4.78, 5) is 16.1. The number of aliphatic hydroxyl groups excluding tert-OH is 1. The van der Waals surface area contributed by atoms with Crippen molar-refractivity contribution in [3.8, 4) is 0 Å². The van der Waals surface area contributed by atoms with Gasteiger partial charge in [0.2, 0.25) is 0 Å². The van der Waals surface area contributed by atoms with Crippen LogP contribution >= 0.6 is 0 Å². The Balaban J connectivity index is 2.26. The molecule has 2 aliphatic rings. The van der Waals surface area contributed by atoms with Crippen molar-refractivity contribution in [1.82, 2.24) is 4.31 Å². The largest absolute Gasteiger partial charge is 0.391 e. The van der Waals surface area contributed by atoms with Crippen LogP contribution in [0.2, 0.25) is 0 Å². The lowest BCUT2D eigenvalue weighted by atomic mass is 10.2. The first-order valence-corrected chi connectivity index (χ1v) is 6.83. The minimum absolute atomic E-state index is 0.0844. The zero-order valence-electron chi connectivity index (χ0n) is 9.44. The van der Waals surface area contributed by atoms with E-state index in [-0.39, 0.29) is 10.7 Å². The Bertz CT molecular complexity index is 678. The van der Waals surface area contributed by atoms with Gasteiger partial charge in [0.1, 0.15) is 0 Å². The summed E-state index contributed by atoms with van der Waals surface area (Å²) in [6, 6.07) is 5.28. The number of amides is 1. The van der Waals surface area contributed by atoms with Crippen LogP contribution in [0.15, 0.2) is 34.2 Å². The fourth-order valence-corrected chi connectivity index (χ4v) is 3.77. The Morgan fingerprint density at radius 2 is 2.06 bits per heavy atom. The van der Waals surface area contributed by atoms with Crippen molar-refractivity contribution in [2.24, 2.45) is 4.99 Å². The molecule has 1 amide bonds. The first-order chi connectivity index (χ1) is 8.44. The SMILES string of the molecule is C[C@H](O)[C@H]1N=C2c3ccccc3S(=O)(=O)N2C1=O. The standard InChI is InChI=1S/C11H10N2O4S/c1-6(14)9-11(15)13-10(12-9)7-4-2-3-5-8(7)18(13,16)17/h2-6,9,14H,1H3/t6-,9+/m0/s1. The van der Waals surface area contributed by atoms with Crippen molar-refractivity contribution in [1.29, 1.82) is 0 Å². The molecule has 0 aromatic heterocycles. The Labute approximate surface area is 104 Å². The normalized spacial score (nSPS) is 25.7. The number of aliphatic hydroxyl groups is 1. The Morgan fingerprint density at radius 1 is 1.39 bits per heavy atom. The van der Waals surface area contributed by atoms with E-state index in [1.54, 1.807) is 18.2 Å². The summed E-state index contributed by atoms with van der Waals surface area (Å²) < 4.78 is 25.1. The topological polar surface area (TPSA) is 87.0 Å². The van der Waals surface area contributed by atoms with E-state index in [1.807, 2.05) is 0 Å². The lowest BCUT2D eigenvalue weighted by Crippen LogP contribution is -2.39. The Hall–Kier alpha value is -1.73. The summed E-state index contributed by atoms with van der Waals surface area (Å²) in [6.45, 7) is 1.41. The van der Waals surface area contributed by atoms with Gasteiger partial charge < -0.3 is 5.11 Å². The van der Waals surface area contributed by atoms with E-state index in [0.717, 1.165) is 0 Å². The van der Waals surface area contributed by atoms with Gasteiger partial charge in [-0.3, -0.25) is 9.79 Å². The third-order valence-electron chi connectivity index (χ3n) is 3.01. The number of sulfonamides is 1. The van der Waals surface area contributed by atoms with E-state index in [9.17, 15) is 18.3 Å². The van der Waals surface area contributed by atoms with E-state index in [0.29, 0.717) is 9.87 Å². The van der Waals surface area contributed by atoms with Crippen LogP contribution in [0.1, 0.15) is 12.5 Å². The van der Waals surface area contributed by atoms with Crippen LogP contribution in [0.5, 0.6) is 0 Å². The molecule has 0 radical (unpaired) electrons. The van der Waals surface area contributed by atoms with Crippen molar-refractivity contribution in [2.45, 2.75) is 24.0 Å². The number of hydrogen-bond acceptors (Lipinski definition) is 5. The molecular formula is C11H10N2O4S. The van der Waals surface area contributed by atoms with Gasteiger partial charge in [-0.15, -0.1) is 0 Å². The van der Waals surface area contributed by atoms with Crippen molar-refractivity contribution in [3.05, 3.63) is 29.8 Å². The molecule has 0 saturated carbocycles. The first-order valence-electron chi connectivity index (χ1n) is 5.39. The molecule has 18 heavy (non-hydrogen) atoms. The Kier molecular flexibility index (Phi) is 2.14. The molecule has 0 spiro atoms. The maximum Gasteiger partial charge on any atom is 0.272 e. The predicted molar refractivity (Wildman–Crippen MR) is 62.5 cm³/mol. The molecular weight excluding hydrogens is 256 g/mol. The summed E-state index contributed by atoms with van der Waals surface area (Å²) >= 11 is 0. The second-order valence-electron chi connectivity index (χ2n) is 4.24. The van der Waals surface area contributed by atoms with E-state index in [2.05, 4.69) is 4.99 Å². The average molecular weight is 266 g/mol. The third-order valence-corrected chi connectivity index (χ3v) is 4.76. The number of aliphatic imine (C=N–C) groups is 1. The van der Waals surface area contributed by atoms with Gasteiger partial charge in [0.05, 0.1) is 11.0 Å². The molecule has 0 bridgehead atoms. The van der Waals surface area contributed by atoms with E-state index >= 15 is 0 Å². The molecule has 94 valence electrons. The summed E-state index contributed by atoms with van der Waals surface area (Å²) in [6.07, 6.45) is -1.02. The molecule has 2 atom stereocenters. The van der Waals surface area contributed by atoms with Gasteiger partial charge in [0, 0.05) is 5.56 Å². The minimum Gasteiger partial charge on any atom is -0.391 e. The van der Waals surface area contributed by atoms with Crippen LogP contribution in [0.3, 0.4) is 0 Å². The first kappa shape index (κ1) is 11.4. The van der Waals surface area contributed by atoms with E-state index in [1.165, 1.54) is 13.0 Å². The second kappa shape index (κ2) is 3.39. The maximum atomic E-state index is 12.2. The Morgan fingerprint density at radius 3 is 2.72 bits per heavy atom. The highest BCUT2D eigenvalue weighted by Crippen LogP contribution is 2.35. The summed E-state index contributed by atoms with van der Waals surface area (Å²) in [5.41, 5.74) is 0.411. The van der Waals surface area contributed by atoms with Gasteiger partial charge in [-0.2, -0.15) is 4.31 Å². The zero-order chi connectivity index (χ0) is 13.1. The lowest BCUT2D eigenvalue weighted by molar-refractivity contribution is -0.125. The maximum absolute atomic E-state index is 12.2. The molecule has 1 aromatic rings. The van der Waals surface area contributed by atoms with Crippen LogP contribution in [0.25, 0.3) is 0 Å². The highest BCUT2D eigenvalue weighted by atomic mass is 32.2. The molecule has 6 nitrogen and oxygen atoms in total. The molecule has 7 heteroatoms. The number of carbonyl (C=O) groups excluding carboxylic acids is 1. The highest BCUT2D eigenvalue weighted by Gasteiger charge is 2.50. The molecule has 0 aliphatic carbocycles. The van der Waals surface area contributed by atoms with Crippen LogP contribution in [-0.4, -0.2) is 41.7 Å². The number of benzene rings is 1. The quantitative estimate of drug-likeness (QED) is 0.757. The smallest absolute Gasteiger partial charge is 0.272 e. The minimum atomic E-state index is -3.86. The average Bonchev–Trinajstić information content (AvgIpc) is 2.77.